The standard InChI is InChI=1S/C12H16BrNO/c1-9-6-10(2-3-11(9)13)7-14-12(8-15)4-5-12/h2-3,6,14-15H,4-5,7-8H2,1H3. The molecule has 15 heavy (non-hydrogen) atoms. The number of nitrogens with one attached hydrogen (secondary N) is 1. The van der Waals surface area contributed by atoms with Crippen molar-refractivity contribution in [1.82, 2.24) is 5.32 Å². The predicted octanol–water partition coefficient (Wildman–Crippen LogP) is 2.37. The van der Waals surface area contributed by atoms with Crippen molar-refractivity contribution in [2.75, 3.05) is 6.61 Å². The zero-order chi connectivity index (χ0) is 10.9. The summed E-state index contributed by atoms with van der Waals surface area (Å²) < 4.78 is 1.15. The van der Waals surface area contributed by atoms with Gasteiger partial charge in [0.25, 0.3) is 0 Å². The smallest absolute Gasteiger partial charge is 0.0613 e. The Morgan fingerprint density at radius 2 is 2.20 bits per heavy atom. The van der Waals surface area contributed by atoms with Gasteiger partial charge in [-0.05, 0) is 37.0 Å². The Balaban J connectivity index is 1.96. The minimum Gasteiger partial charge on any atom is -0.394 e. The third-order valence-corrected chi connectivity index (χ3v) is 3.94. The SMILES string of the molecule is Cc1cc(CNC2(CO)CC2)ccc1Br. The maximum absolute atomic E-state index is 9.16. The van der Waals surface area contributed by atoms with Gasteiger partial charge in [0.05, 0.1) is 6.61 Å². The molecule has 1 aliphatic rings. The summed E-state index contributed by atoms with van der Waals surface area (Å²) in [6.07, 6.45) is 2.19. The van der Waals surface area contributed by atoms with E-state index in [-0.39, 0.29) is 12.1 Å². The van der Waals surface area contributed by atoms with Gasteiger partial charge in [0, 0.05) is 16.6 Å². The molecule has 0 aromatic heterocycles. The number of aliphatic hydroxyl groups excluding tert-OH is 1. The molecule has 82 valence electrons. The van der Waals surface area contributed by atoms with Crippen LogP contribution in [-0.2, 0) is 6.54 Å². The van der Waals surface area contributed by atoms with Gasteiger partial charge in [0.15, 0.2) is 0 Å². The van der Waals surface area contributed by atoms with E-state index in [0.717, 1.165) is 23.9 Å². The molecule has 1 aromatic carbocycles. The van der Waals surface area contributed by atoms with Crippen molar-refractivity contribution in [3.63, 3.8) is 0 Å². The molecule has 1 aliphatic carbocycles. The van der Waals surface area contributed by atoms with E-state index in [1.54, 1.807) is 0 Å². The summed E-state index contributed by atoms with van der Waals surface area (Å²) in [5, 5.41) is 12.6. The number of hydrogen-bond donors (Lipinski definition) is 2. The lowest BCUT2D eigenvalue weighted by Gasteiger charge is -2.14. The first-order chi connectivity index (χ1) is 7.15. The van der Waals surface area contributed by atoms with Crippen molar-refractivity contribution in [3.8, 4) is 0 Å². The van der Waals surface area contributed by atoms with Gasteiger partial charge in [-0.3, -0.25) is 0 Å². The molecule has 0 heterocycles. The van der Waals surface area contributed by atoms with Crippen LogP contribution >= 0.6 is 15.9 Å². The molecule has 3 heteroatoms. The van der Waals surface area contributed by atoms with Gasteiger partial charge in [-0.2, -0.15) is 0 Å². The summed E-state index contributed by atoms with van der Waals surface area (Å²) in [4.78, 5) is 0. The van der Waals surface area contributed by atoms with E-state index < -0.39 is 0 Å². The average molecular weight is 270 g/mol. The first-order valence-electron chi connectivity index (χ1n) is 5.26. The third-order valence-electron chi connectivity index (χ3n) is 3.05. The van der Waals surface area contributed by atoms with Gasteiger partial charge in [-0.15, -0.1) is 0 Å². The highest BCUT2D eigenvalue weighted by Gasteiger charge is 2.41. The zero-order valence-corrected chi connectivity index (χ0v) is 10.5. The fourth-order valence-electron chi connectivity index (χ4n) is 1.65. The van der Waals surface area contributed by atoms with E-state index in [1.165, 1.54) is 11.1 Å². The van der Waals surface area contributed by atoms with Crippen LogP contribution in [0.3, 0.4) is 0 Å². The number of rotatable bonds is 4. The summed E-state index contributed by atoms with van der Waals surface area (Å²) in [6, 6.07) is 6.35. The molecule has 0 bridgehead atoms. The summed E-state index contributed by atoms with van der Waals surface area (Å²) in [7, 11) is 0. The highest BCUT2D eigenvalue weighted by atomic mass is 79.9. The van der Waals surface area contributed by atoms with E-state index in [9.17, 15) is 0 Å². The lowest BCUT2D eigenvalue weighted by molar-refractivity contribution is 0.229. The van der Waals surface area contributed by atoms with Crippen LogP contribution in [0.1, 0.15) is 24.0 Å². The van der Waals surface area contributed by atoms with Crippen LogP contribution in [0.5, 0.6) is 0 Å². The second-order valence-electron chi connectivity index (χ2n) is 4.38. The molecule has 1 saturated carbocycles. The van der Waals surface area contributed by atoms with Crippen LogP contribution in [0, 0.1) is 6.92 Å². The van der Waals surface area contributed by atoms with Gasteiger partial charge in [0.2, 0.25) is 0 Å². The van der Waals surface area contributed by atoms with E-state index in [1.807, 2.05) is 0 Å². The molecule has 0 saturated heterocycles. The van der Waals surface area contributed by atoms with Crippen LogP contribution in [-0.4, -0.2) is 17.3 Å². The maximum Gasteiger partial charge on any atom is 0.0613 e. The molecular formula is C12H16BrNO. The highest BCUT2D eigenvalue weighted by Crippen LogP contribution is 2.34. The molecule has 0 spiro atoms. The fraction of sp³-hybridized carbons (Fsp3) is 0.500. The summed E-state index contributed by atoms with van der Waals surface area (Å²) >= 11 is 3.49. The fourth-order valence-corrected chi connectivity index (χ4v) is 1.89. The van der Waals surface area contributed by atoms with Gasteiger partial charge >= 0.3 is 0 Å². The Morgan fingerprint density at radius 3 is 2.73 bits per heavy atom. The Hall–Kier alpha value is -0.380. The Bertz CT molecular complexity index is 361. The van der Waals surface area contributed by atoms with E-state index in [2.05, 4.69) is 46.4 Å². The lowest BCUT2D eigenvalue weighted by Crippen LogP contribution is -2.34. The molecule has 0 aliphatic heterocycles. The Morgan fingerprint density at radius 1 is 1.47 bits per heavy atom. The Labute approximate surface area is 98.8 Å². The minimum atomic E-state index is 0.0287. The van der Waals surface area contributed by atoms with E-state index in [4.69, 9.17) is 5.11 Å². The highest BCUT2D eigenvalue weighted by molar-refractivity contribution is 9.10. The van der Waals surface area contributed by atoms with Crippen LogP contribution < -0.4 is 5.32 Å². The molecule has 2 nitrogen and oxygen atoms in total. The molecule has 0 unspecified atom stereocenters. The molecule has 1 fully saturated rings. The first kappa shape index (κ1) is 11.1. The van der Waals surface area contributed by atoms with Crippen LogP contribution in [0.15, 0.2) is 22.7 Å². The van der Waals surface area contributed by atoms with Crippen molar-refractivity contribution >= 4 is 15.9 Å². The van der Waals surface area contributed by atoms with Crippen molar-refractivity contribution in [2.24, 2.45) is 0 Å². The van der Waals surface area contributed by atoms with Gasteiger partial charge in [-0.25, -0.2) is 0 Å². The normalized spacial score (nSPS) is 17.8. The number of aryl methyl sites for hydroxylation is 1. The molecule has 0 atom stereocenters. The summed E-state index contributed by atoms with van der Waals surface area (Å²) in [6.45, 7) is 3.18. The second kappa shape index (κ2) is 4.24. The first-order valence-corrected chi connectivity index (χ1v) is 6.05. The molecule has 1 aromatic rings. The van der Waals surface area contributed by atoms with Crippen molar-refractivity contribution in [3.05, 3.63) is 33.8 Å². The Kier molecular flexibility index (Phi) is 3.14. The monoisotopic (exact) mass is 269 g/mol. The average Bonchev–Trinajstić information content (AvgIpc) is 3.01. The minimum absolute atomic E-state index is 0.0287. The van der Waals surface area contributed by atoms with E-state index in [0.29, 0.717) is 0 Å². The van der Waals surface area contributed by atoms with E-state index >= 15 is 0 Å². The quantitative estimate of drug-likeness (QED) is 0.880. The van der Waals surface area contributed by atoms with Crippen LogP contribution in [0.25, 0.3) is 0 Å². The molecule has 2 rings (SSSR count). The zero-order valence-electron chi connectivity index (χ0n) is 8.89. The summed E-state index contributed by atoms with van der Waals surface area (Å²) in [5.41, 5.74) is 2.56. The third kappa shape index (κ3) is 2.60. The maximum atomic E-state index is 9.16. The molecule has 2 N–H and O–H groups in total. The second-order valence-corrected chi connectivity index (χ2v) is 5.23. The molecule has 0 radical (unpaired) electrons. The van der Waals surface area contributed by atoms with Crippen molar-refractivity contribution in [2.45, 2.75) is 31.8 Å². The number of halogens is 1. The largest absolute Gasteiger partial charge is 0.394 e. The van der Waals surface area contributed by atoms with Crippen molar-refractivity contribution < 1.29 is 5.11 Å². The lowest BCUT2D eigenvalue weighted by atomic mass is 10.1. The van der Waals surface area contributed by atoms with Crippen LogP contribution in [0.4, 0.5) is 0 Å². The van der Waals surface area contributed by atoms with Gasteiger partial charge < -0.3 is 10.4 Å². The van der Waals surface area contributed by atoms with Gasteiger partial charge in [-0.1, -0.05) is 28.1 Å². The number of aliphatic hydroxyl groups is 1. The number of hydrogen-bond acceptors (Lipinski definition) is 2. The van der Waals surface area contributed by atoms with Gasteiger partial charge in [0.1, 0.15) is 0 Å². The number of benzene rings is 1. The van der Waals surface area contributed by atoms with Crippen molar-refractivity contribution in [1.29, 1.82) is 0 Å². The molecular weight excluding hydrogens is 254 g/mol. The topological polar surface area (TPSA) is 32.3 Å². The summed E-state index contributed by atoms with van der Waals surface area (Å²) in [5.74, 6) is 0. The molecule has 0 amide bonds. The predicted molar refractivity (Wildman–Crippen MR) is 64.8 cm³/mol. The van der Waals surface area contributed by atoms with Crippen LogP contribution in [0.2, 0.25) is 0 Å².